The van der Waals surface area contributed by atoms with Crippen LogP contribution in [0.5, 0.6) is 0 Å². The molecule has 0 spiro atoms. The number of aryl methyl sites for hydroxylation is 1. The Morgan fingerprint density at radius 3 is 2.57 bits per heavy atom. The number of benzene rings is 1. The minimum atomic E-state index is 0.626. The first-order valence-corrected chi connectivity index (χ1v) is 5.49. The molecule has 0 saturated carbocycles. The second-order valence-corrected chi connectivity index (χ2v) is 3.90. The van der Waals surface area contributed by atoms with E-state index in [0.29, 0.717) is 6.04 Å². The lowest BCUT2D eigenvalue weighted by Gasteiger charge is -2.16. The molecule has 0 aliphatic rings. The van der Waals surface area contributed by atoms with Crippen molar-refractivity contribution < 1.29 is 0 Å². The smallest absolute Gasteiger partial charge is 0.0104 e. The van der Waals surface area contributed by atoms with Gasteiger partial charge >= 0.3 is 0 Å². The predicted molar refractivity (Wildman–Crippen MR) is 62.6 cm³/mol. The first-order chi connectivity index (χ1) is 6.77. The van der Waals surface area contributed by atoms with Crippen LogP contribution < -0.4 is 5.32 Å². The van der Waals surface area contributed by atoms with E-state index in [0.717, 1.165) is 6.42 Å². The van der Waals surface area contributed by atoms with E-state index in [4.69, 9.17) is 0 Å². The molecular formula is C13H21N. The third kappa shape index (κ3) is 3.15. The summed E-state index contributed by atoms with van der Waals surface area (Å²) in [5, 5.41) is 3.38. The fourth-order valence-electron chi connectivity index (χ4n) is 1.80. The van der Waals surface area contributed by atoms with Crippen LogP contribution in [0.4, 0.5) is 0 Å². The molecular weight excluding hydrogens is 170 g/mol. The van der Waals surface area contributed by atoms with E-state index in [-0.39, 0.29) is 0 Å². The number of nitrogens with one attached hydrogen (secondary N) is 1. The van der Waals surface area contributed by atoms with E-state index in [9.17, 15) is 0 Å². The lowest BCUT2D eigenvalue weighted by molar-refractivity contribution is 0.513. The summed E-state index contributed by atoms with van der Waals surface area (Å²) in [6, 6.07) is 9.28. The molecule has 0 aliphatic heterocycles. The Kier molecular flexibility index (Phi) is 4.68. The van der Waals surface area contributed by atoms with Crippen LogP contribution in [-0.4, -0.2) is 13.1 Å². The average Bonchev–Trinajstić information content (AvgIpc) is 2.20. The van der Waals surface area contributed by atoms with Gasteiger partial charge in [0.1, 0.15) is 0 Å². The molecule has 0 saturated heterocycles. The van der Waals surface area contributed by atoms with E-state index in [2.05, 4.69) is 50.5 Å². The summed E-state index contributed by atoms with van der Waals surface area (Å²) < 4.78 is 0. The number of hydrogen-bond acceptors (Lipinski definition) is 1. The fourth-order valence-corrected chi connectivity index (χ4v) is 1.80. The molecule has 1 unspecified atom stereocenters. The van der Waals surface area contributed by atoms with Crippen molar-refractivity contribution >= 4 is 0 Å². The molecule has 0 fully saturated rings. The zero-order valence-corrected chi connectivity index (χ0v) is 9.51. The molecule has 0 aromatic heterocycles. The van der Waals surface area contributed by atoms with Crippen LogP contribution in [0.15, 0.2) is 24.3 Å². The molecule has 1 aromatic carbocycles. The SMILES string of the molecule is CCCC(Cc1ccccc1C)NC. The summed E-state index contributed by atoms with van der Waals surface area (Å²) in [7, 11) is 2.05. The summed E-state index contributed by atoms with van der Waals surface area (Å²) in [5.74, 6) is 0. The van der Waals surface area contributed by atoms with Gasteiger partial charge in [0.25, 0.3) is 0 Å². The highest BCUT2D eigenvalue weighted by Gasteiger charge is 2.06. The van der Waals surface area contributed by atoms with Gasteiger partial charge in [-0.2, -0.15) is 0 Å². The molecule has 1 N–H and O–H groups in total. The third-order valence-electron chi connectivity index (χ3n) is 2.77. The van der Waals surface area contributed by atoms with E-state index >= 15 is 0 Å². The van der Waals surface area contributed by atoms with Crippen molar-refractivity contribution in [3.63, 3.8) is 0 Å². The lowest BCUT2D eigenvalue weighted by atomic mass is 9.99. The molecule has 0 amide bonds. The molecule has 1 nitrogen and oxygen atoms in total. The first kappa shape index (κ1) is 11.3. The summed E-state index contributed by atoms with van der Waals surface area (Å²) in [5.41, 5.74) is 2.88. The Hall–Kier alpha value is -0.820. The Labute approximate surface area is 87.5 Å². The summed E-state index contributed by atoms with van der Waals surface area (Å²) >= 11 is 0. The van der Waals surface area contributed by atoms with E-state index in [1.807, 2.05) is 0 Å². The fraction of sp³-hybridized carbons (Fsp3) is 0.538. The molecule has 0 bridgehead atoms. The Balaban J connectivity index is 2.62. The van der Waals surface area contributed by atoms with Gasteiger partial charge in [0.15, 0.2) is 0 Å². The van der Waals surface area contributed by atoms with E-state index < -0.39 is 0 Å². The number of rotatable bonds is 5. The maximum atomic E-state index is 3.38. The molecule has 1 aromatic rings. The Morgan fingerprint density at radius 2 is 2.00 bits per heavy atom. The van der Waals surface area contributed by atoms with Crippen LogP contribution in [0.1, 0.15) is 30.9 Å². The highest BCUT2D eigenvalue weighted by Crippen LogP contribution is 2.11. The van der Waals surface area contributed by atoms with Gasteiger partial charge in [-0.25, -0.2) is 0 Å². The van der Waals surface area contributed by atoms with Crippen molar-refractivity contribution in [1.29, 1.82) is 0 Å². The average molecular weight is 191 g/mol. The van der Waals surface area contributed by atoms with Crippen molar-refractivity contribution in [2.24, 2.45) is 0 Å². The van der Waals surface area contributed by atoms with E-state index in [1.165, 1.54) is 24.0 Å². The van der Waals surface area contributed by atoms with Gasteiger partial charge < -0.3 is 5.32 Å². The normalized spacial score (nSPS) is 12.8. The Morgan fingerprint density at radius 1 is 1.29 bits per heavy atom. The van der Waals surface area contributed by atoms with Crippen LogP contribution in [0.25, 0.3) is 0 Å². The second-order valence-electron chi connectivity index (χ2n) is 3.90. The third-order valence-corrected chi connectivity index (χ3v) is 2.77. The van der Waals surface area contributed by atoms with Gasteiger partial charge in [-0.05, 0) is 37.9 Å². The highest BCUT2D eigenvalue weighted by atomic mass is 14.9. The van der Waals surface area contributed by atoms with Gasteiger partial charge in [0, 0.05) is 6.04 Å². The lowest BCUT2D eigenvalue weighted by Crippen LogP contribution is -2.27. The summed E-state index contributed by atoms with van der Waals surface area (Å²) in [6.45, 7) is 4.43. The molecule has 1 rings (SSSR count). The van der Waals surface area contributed by atoms with Crippen molar-refractivity contribution in [3.05, 3.63) is 35.4 Å². The topological polar surface area (TPSA) is 12.0 Å². The van der Waals surface area contributed by atoms with Gasteiger partial charge in [0.05, 0.1) is 0 Å². The van der Waals surface area contributed by atoms with Crippen LogP contribution in [-0.2, 0) is 6.42 Å². The number of hydrogen-bond donors (Lipinski definition) is 1. The summed E-state index contributed by atoms with van der Waals surface area (Å²) in [4.78, 5) is 0. The van der Waals surface area contributed by atoms with Crippen molar-refractivity contribution in [3.8, 4) is 0 Å². The quantitative estimate of drug-likeness (QED) is 0.754. The largest absolute Gasteiger partial charge is 0.317 e. The maximum Gasteiger partial charge on any atom is 0.0104 e. The van der Waals surface area contributed by atoms with Gasteiger partial charge in [-0.15, -0.1) is 0 Å². The first-order valence-electron chi connectivity index (χ1n) is 5.49. The van der Waals surface area contributed by atoms with Crippen LogP contribution >= 0.6 is 0 Å². The van der Waals surface area contributed by atoms with Crippen molar-refractivity contribution in [2.45, 2.75) is 39.2 Å². The zero-order chi connectivity index (χ0) is 10.4. The minimum absolute atomic E-state index is 0.626. The zero-order valence-electron chi connectivity index (χ0n) is 9.51. The molecule has 14 heavy (non-hydrogen) atoms. The maximum absolute atomic E-state index is 3.38. The van der Waals surface area contributed by atoms with Crippen LogP contribution in [0.3, 0.4) is 0 Å². The highest BCUT2D eigenvalue weighted by molar-refractivity contribution is 5.26. The van der Waals surface area contributed by atoms with E-state index in [1.54, 1.807) is 0 Å². The molecule has 0 aliphatic carbocycles. The molecule has 1 atom stereocenters. The van der Waals surface area contributed by atoms with Crippen molar-refractivity contribution in [1.82, 2.24) is 5.32 Å². The van der Waals surface area contributed by atoms with Gasteiger partial charge in [-0.3, -0.25) is 0 Å². The van der Waals surface area contributed by atoms with Crippen LogP contribution in [0.2, 0.25) is 0 Å². The predicted octanol–water partition coefficient (Wildman–Crippen LogP) is 2.93. The molecule has 0 radical (unpaired) electrons. The van der Waals surface area contributed by atoms with Crippen molar-refractivity contribution in [2.75, 3.05) is 7.05 Å². The molecule has 78 valence electrons. The molecule has 0 heterocycles. The minimum Gasteiger partial charge on any atom is -0.317 e. The standard InChI is InChI=1S/C13H21N/c1-4-7-13(14-3)10-12-9-6-5-8-11(12)2/h5-6,8-9,13-14H,4,7,10H2,1-3H3. The van der Waals surface area contributed by atoms with Gasteiger partial charge in [0.2, 0.25) is 0 Å². The summed E-state index contributed by atoms with van der Waals surface area (Å²) in [6.07, 6.45) is 3.65. The second kappa shape index (κ2) is 5.82. The van der Waals surface area contributed by atoms with Gasteiger partial charge in [-0.1, -0.05) is 37.6 Å². The molecule has 1 heteroatoms. The Bertz CT molecular complexity index is 268. The van der Waals surface area contributed by atoms with Crippen LogP contribution in [0, 0.1) is 6.92 Å². The number of likely N-dealkylation sites (N-methyl/N-ethyl adjacent to an activating group) is 1. The monoisotopic (exact) mass is 191 g/mol.